The van der Waals surface area contributed by atoms with Gasteiger partial charge in [0.05, 0.1) is 17.6 Å². The SMILES string of the molecule is Cc1ccc(Cl)cc1-n1cc(C(C)N)nn1. The van der Waals surface area contributed by atoms with Crippen molar-refractivity contribution in [2.45, 2.75) is 19.9 Å². The summed E-state index contributed by atoms with van der Waals surface area (Å²) in [6.07, 6.45) is 1.82. The molecule has 0 amide bonds. The lowest BCUT2D eigenvalue weighted by atomic mass is 10.2. The first kappa shape index (κ1) is 11.1. The van der Waals surface area contributed by atoms with Crippen molar-refractivity contribution in [1.29, 1.82) is 0 Å². The third-order valence-corrected chi connectivity index (χ3v) is 2.63. The molecule has 1 atom stereocenters. The molecule has 84 valence electrons. The van der Waals surface area contributed by atoms with Gasteiger partial charge in [0.1, 0.15) is 0 Å². The minimum absolute atomic E-state index is 0.117. The quantitative estimate of drug-likeness (QED) is 0.870. The molecule has 2 rings (SSSR count). The van der Waals surface area contributed by atoms with Crippen molar-refractivity contribution in [3.8, 4) is 5.69 Å². The average Bonchev–Trinajstić information content (AvgIpc) is 2.70. The van der Waals surface area contributed by atoms with Crippen LogP contribution in [0.25, 0.3) is 5.69 Å². The number of aryl methyl sites for hydroxylation is 1. The lowest BCUT2D eigenvalue weighted by molar-refractivity contribution is 0.755. The van der Waals surface area contributed by atoms with E-state index in [9.17, 15) is 0 Å². The standard InChI is InChI=1S/C11H13ClN4/c1-7-3-4-9(12)5-11(7)16-6-10(8(2)13)14-15-16/h3-6,8H,13H2,1-2H3. The van der Waals surface area contributed by atoms with Crippen LogP contribution in [0.15, 0.2) is 24.4 Å². The van der Waals surface area contributed by atoms with Crippen LogP contribution in [0.5, 0.6) is 0 Å². The van der Waals surface area contributed by atoms with E-state index in [1.165, 1.54) is 0 Å². The molecule has 1 heterocycles. The highest BCUT2D eigenvalue weighted by molar-refractivity contribution is 6.30. The maximum absolute atomic E-state index is 5.95. The Kier molecular flexibility index (Phi) is 2.94. The first-order valence-electron chi connectivity index (χ1n) is 5.02. The number of hydrogen-bond donors (Lipinski definition) is 1. The zero-order valence-corrected chi connectivity index (χ0v) is 9.94. The molecule has 0 spiro atoms. The number of nitrogens with zero attached hydrogens (tertiary/aromatic N) is 3. The molecule has 1 aromatic carbocycles. The largest absolute Gasteiger partial charge is 0.323 e. The Morgan fingerprint density at radius 1 is 1.44 bits per heavy atom. The molecule has 5 heteroatoms. The molecule has 0 fully saturated rings. The molecule has 0 saturated carbocycles. The fraction of sp³-hybridized carbons (Fsp3) is 0.273. The summed E-state index contributed by atoms with van der Waals surface area (Å²) in [7, 11) is 0. The Morgan fingerprint density at radius 2 is 2.19 bits per heavy atom. The Hall–Kier alpha value is -1.39. The maximum atomic E-state index is 5.95. The molecule has 16 heavy (non-hydrogen) atoms. The van der Waals surface area contributed by atoms with E-state index >= 15 is 0 Å². The van der Waals surface area contributed by atoms with Gasteiger partial charge in [-0.25, -0.2) is 4.68 Å². The fourth-order valence-corrected chi connectivity index (χ4v) is 1.60. The lowest BCUT2D eigenvalue weighted by Gasteiger charge is -2.04. The van der Waals surface area contributed by atoms with Crippen molar-refractivity contribution in [1.82, 2.24) is 15.0 Å². The van der Waals surface area contributed by atoms with Crippen LogP contribution in [-0.2, 0) is 0 Å². The topological polar surface area (TPSA) is 56.7 Å². The Morgan fingerprint density at radius 3 is 2.81 bits per heavy atom. The third kappa shape index (κ3) is 2.08. The van der Waals surface area contributed by atoms with Crippen LogP contribution >= 0.6 is 11.6 Å². The van der Waals surface area contributed by atoms with E-state index in [1.807, 2.05) is 38.2 Å². The van der Waals surface area contributed by atoms with E-state index in [-0.39, 0.29) is 6.04 Å². The zero-order valence-electron chi connectivity index (χ0n) is 9.18. The van der Waals surface area contributed by atoms with E-state index in [2.05, 4.69) is 10.3 Å². The molecule has 0 aliphatic carbocycles. The van der Waals surface area contributed by atoms with Gasteiger partial charge >= 0.3 is 0 Å². The summed E-state index contributed by atoms with van der Waals surface area (Å²) in [6, 6.07) is 5.54. The minimum atomic E-state index is -0.117. The summed E-state index contributed by atoms with van der Waals surface area (Å²) in [5.41, 5.74) is 8.51. The smallest absolute Gasteiger partial charge is 0.0995 e. The van der Waals surface area contributed by atoms with Crippen LogP contribution in [0.1, 0.15) is 24.2 Å². The molecule has 0 radical (unpaired) electrons. The van der Waals surface area contributed by atoms with E-state index in [1.54, 1.807) is 4.68 Å². The highest BCUT2D eigenvalue weighted by atomic mass is 35.5. The van der Waals surface area contributed by atoms with Gasteiger partial charge < -0.3 is 5.73 Å². The van der Waals surface area contributed by atoms with Crippen LogP contribution in [0.4, 0.5) is 0 Å². The predicted molar refractivity (Wildman–Crippen MR) is 63.7 cm³/mol. The normalized spacial score (nSPS) is 12.8. The molecule has 2 N–H and O–H groups in total. The van der Waals surface area contributed by atoms with Gasteiger partial charge in [-0.1, -0.05) is 22.9 Å². The monoisotopic (exact) mass is 236 g/mol. The summed E-state index contributed by atoms with van der Waals surface area (Å²) >= 11 is 5.95. The van der Waals surface area contributed by atoms with Gasteiger partial charge in [0.2, 0.25) is 0 Å². The second-order valence-electron chi connectivity index (χ2n) is 3.81. The second kappa shape index (κ2) is 4.23. The molecular weight excluding hydrogens is 224 g/mol. The van der Waals surface area contributed by atoms with Gasteiger partial charge in [-0.2, -0.15) is 0 Å². The summed E-state index contributed by atoms with van der Waals surface area (Å²) in [4.78, 5) is 0. The lowest BCUT2D eigenvalue weighted by Crippen LogP contribution is -2.05. The predicted octanol–water partition coefficient (Wildman–Crippen LogP) is 2.25. The first-order chi connectivity index (χ1) is 7.58. The van der Waals surface area contributed by atoms with E-state index in [0.717, 1.165) is 16.9 Å². The molecule has 0 aliphatic heterocycles. The molecule has 1 unspecified atom stereocenters. The molecule has 4 nitrogen and oxygen atoms in total. The highest BCUT2D eigenvalue weighted by Crippen LogP contribution is 2.19. The van der Waals surface area contributed by atoms with Crippen molar-refractivity contribution < 1.29 is 0 Å². The van der Waals surface area contributed by atoms with Crippen LogP contribution < -0.4 is 5.73 Å². The van der Waals surface area contributed by atoms with Gasteiger partial charge in [-0.05, 0) is 31.5 Å². The van der Waals surface area contributed by atoms with Gasteiger partial charge in [0.25, 0.3) is 0 Å². The van der Waals surface area contributed by atoms with Crippen molar-refractivity contribution in [3.05, 3.63) is 40.7 Å². The third-order valence-electron chi connectivity index (χ3n) is 2.40. The van der Waals surface area contributed by atoms with Crippen LogP contribution in [0.2, 0.25) is 5.02 Å². The van der Waals surface area contributed by atoms with Gasteiger partial charge in [0, 0.05) is 11.1 Å². The molecule has 1 aromatic heterocycles. The minimum Gasteiger partial charge on any atom is -0.323 e. The van der Waals surface area contributed by atoms with E-state index in [4.69, 9.17) is 17.3 Å². The van der Waals surface area contributed by atoms with Crippen LogP contribution in [0.3, 0.4) is 0 Å². The number of rotatable bonds is 2. The Balaban J connectivity index is 2.46. The Bertz CT molecular complexity index is 504. The van der Waals surface area contributed by atoms with Gasteiger partial charge in [0.15, 0.2) is 0 Å². The van der Waals surface area contributed by atoms with Crippen molar-refractivity contribution in [3.63, 3.8) is 0 Å². The van der Waals surface area contributed by atoms with Crippen LogP contribution in [0, 0.1) is 6.92 Å². The summed E-state index contributed by atoms with van der Waals surface area (Å²) in [6.45, 7) is 3.87. The first-order valence-corrected chi connectivity index (χ1v) is 5.40. The fourth-order valence-electron chi connectivity index (χ4n) is 1.43. The number of hydrogen-bond acceptors (Lipinski definition) is 3. The van der Waals surface area contributed by atoms with Crippen LogP contribution in [-0.4, -0.2) is 15.0 Å². The average molecular weight is 237 g/mol. The summed E-state index contributed by atoms with van der Waals surface area (Å²) in [5, 5.41) is 8.72. The van der Waals surface area contributed by atoms with Gasteiger partial charge in [-0.3, -0.25) is 0 Å². The molecule has 0 saturated heterocycles. The molecule has 0 bridgehead atoms. The number of halogens is 1. The van der Waals surface area contributed by atoms with E-state index in [0.29, 0.717) is 5.02 Å². The molecular formula is C11H13ClN4. The summed E-state index contributed by atoms with van der Waals surface area (Å²) < 4.78 is 1.69. The maximum Gasteiger partial charge on any atom is 0.0995 e. The Labute approximate surface area is 99.0 Å². The van der Waals surface area contributed by atoms with Crippen molar-refractivity contribution in [2.24, 2.45) is 5.73 Å². The van der Waals surface area contributed by atoms with Crippen molar-refractivity contribution in [2.75, 3.05) is 0 Å². The summed E-state index contributed by atoms with van der Waals surface area (Å²) in [5.74, 6) is 0. The number of nitrogens with two attached hydrogens (primary N) is 1. The molecule has 2 aromatic rings. The van der Waals surface area contributed by atoms with Crippen molar-refractivity contribution >= 4 is 11.6 Å². The number of aromatic nitrogens is 3. The molecule has 0 aliphatic rings. The second-order valence-corrected chi connectivity index (χ2v) is 4.24. The number of benzene rings is 1. The van der Waals surface area contributed by atoms with Gasteiger partial charge in [-0.15, -0.1) is 5.10 Å². The van der Waals surface area contributed by atoms with E-state index < -0.39 is 0 Å². The highest BCUT2D eigenvalue weighted by Gasteiger charge is 2.08. The zero-order chi connectivity index (χ0) is 11.7.